The highest BCUT2D eigenvalue weighted by Gasteiger charge is 2.41. The maximum absolute atomic E-state index is 13.6. The van der Waals surface area contributed by atoms with Gasteiger partial charge in [0.1, 0.15) is 0 Å². The van der Waals surface area contributed by atoms with Crippen LogP contribution in [0.4, 0.5) is 18.9 Å². The van der Waals surface area contributed by atoms with Crippen LogP contribution in [-0.4, -0.2) is 27.2 Å². The Morgan fingerprint density at radius 1 is 1.28 bits per heavy atom. The minimum atomic E-state index is -4.77. The van der Waals surface area contributed by atoms with Crippen molar-refractivity contribution in [3.8, 4) is 0 Å². The summed E-state index contributed by atoms with van der Waals surface area (Å²) in [4.78, 5) is 25.5. The molecule has 9 heteroatoms. The van der Waals surface area contributed by atoms with Gasteiger partial charge in [-0.3, -0.25) is 9.89 Å². The molecule has 3 aromatic rings. The number of fused-ring (bicyclic) bond motifs is 1. The molecule has 0 saturated heterocycles. The second kappa shape index (κ2) is 7.81. The highest BCUT2D eigenvalue weighted by atomic mass is 19.4. The molecule has 166 valence electrons. The average molecular weight is 443 g/mol. The van der Waals surface area contributed by atoms with E-state index in [1.807, 2.05) is 26.1 Å². The molecule has 2 aromatic carbocycles. The molecule has 6 nitrogen and oxygen atoms in total. The number of carboxylic acids is 1. The molecule has 32 heavy (non-hydrogen) atoms. The van der Waals surface area contributed by atoms with Crippen LogP contribution in [0.25, 0.3) is 0 Å². The number of nitrogens with one attached hydrogen (secondary N) is 1. The van der Waals surface area contributed by atoms with E-state index in [-0.39, 0.29) is 23.6 Å². The number of hydrogen-bond acceptors (Lipinski definition) is 3. The Morgan fingerprint density at radius 3 is 2.66 bits per heavy atom. The third-order valence-electron chi connectivity index (χ3n) is 5.78. The normalized spacial score (nSPS) is 14.5. The fourth-order valence-electron chi connectivity index (χ4n) is 3.99. The average Bonchev–Trinajstić information content (AvgIpc) is 3.29. The number of alkyl halides is 3. The zero-order valence-electron chi connectivity index (χ0n) is 17.3. The number of H-pyrrole nitrogens is 1. The Labute approximate surface area is 181 Å². The maximum Gasteiger partial charge on any atom is 0.416 e. The number of amides is 1. The first-order chi connectivity index (χ1) is 15.1. The molecule has 0 aliphatic carbocycles. The number of anilines is 1. The molecular formula is C23H20F3N3O3. The van der Waals surface area contributed by atoms with Crippen molar-refractivity contribution in [1.82, 2.24) is 10.2 Å². The van der Waals surface area contributed by atoms with E-state index < -0.39 is 29.2 Å². The number of nitrogens with zero attached hydrogens (tertiary/aromatic N) is 2. The predicted octanol–water partition coefficient (Wildman–Crippen LogP) is 4.94. The number of carboxylic acid groups (broad SMARTS) is 1. The lowest BCUT2D eigenvalue weighted by Gasteiger charge is -2.19. The summed E-state index contributed by atoms with van der Waals surface area (Å²) in [5.41, 5.74) is 1.22. The number of aromatic nitrogens is 2. The van der Waals surface area contributed by atoms with E-state index in [9.17, 15) is 27.9 Å². The van der Waals surface area contributed by atoms with E-state index in [1.165, 1.54) is 4.90 Å². The first-order valence-electron chi connectivity index (χ1n) is 9.94. The minimum absolute atomic E-state index is 0.0568. The number of rotatable bonds is 5. The quantitative estimate of drug-likeness (QED) is 0.585. The number of carbonyl (C=O) groups is 2. The molecule has 0 saturated carbocycles. The number of carbonyl (C=O) groups excluding carboxylic acids is 1. The summed E-state index contributed by atoms with van der Waals surface area (Å²) >= 11 is 0. The van der Waals surface area contributed by atoms with Crippen LogP contribution in [0.1, 0.15) is 61.5 Å². The van der Waals surface area contributed by atoms with Crippen molar-refractivity contribution >= 4 is 17.6 Å². The summed E-state index contributed by atoms with van der Waals surface area (Å²) < 4.78 is 40.8. The first kappa shape index (κ1) is 21.6. The van der Waals surface area contributed by atoms with Gasteiger partial charge in [0.2, 0.25) is 0 Å². The highest BCUT2D eigenvalue weighted by molar-refractivity contribution is 6.11. The van der Waals surface area contributed by atoms with Crippen LogP contribution >= 0.6 is 0 Å². The Balaban J connectivity index is 1.68. The van der Waals surface area contributed by atoms with Crippen LogP contribution in [0.2, 0.25) is 0 Å². The van der Waals surface area contributed by atoms with Crippen LogP contribution < -0.4 is 4.90 Å². The van der Waals surface area contributed by atoms with Crippen molar-refractivity contribution in [3.63, 3.8) is 0 Å². The summed E-state index contributed by atoms with van der Waals surface area (Å²) in [6.07, 6.45) is -2.31. The van der Waals surface area contributed by atoms with Crippen LogP contribution in [0.15, 0.2) is 42.6 Å². The van der Waals surface area contributed by atoms with Crippen LogP contribution in [0.3, 0.4) is 0 Å². The monoisotopic (exact) mass is 443 g/mol. The van der Waals surface area contributed by atoms with Gasteiger partial charge in [-0.15, -0.1) is 0 Å². The number of aromatic carboxylic acids is 1. The molecule has 4 rings (SSSR count). The van der Waals surface area contributed by atoms with Gasteiger partial charge >= 0.3 is 12.1 Å². The van der Waals surface area contributed by atoms with E-state index in [0.29, 0.717) is 18.2 Å². The molecular weight excluding hydrogens is 423 g/mol. The molecule has 0 bridgehead atoms. The second-order valence-electron chi connectivity index (χ2n) is 7.96. The summed E-state index contributed by atoms with van der Waals surface area (Å²) in [5.74, 6) is -2.11. The molecule has 1 aromatic heterocycles. The zero-order valence-corrected chi connectivity index (χ0v) is 17.3. The summed E-state index contributed by atoms with van der Waals surface area (Å²) in [7, 11) is 0. The molecule has 1 atom stereocenters. The van der Waals surface area contributed by atoms with Gasteiger partial charge in [-0.25, -0.2) is 4.79 Å². The molecule has 1 aliphatic heterocycles. The number of hydrogen-bond donors (Lipinski definition) is 2. The SMILES string of the molecule is Cc1c[nH]nc1C[C@@H](C)c1cccc(N2Cc3c(cc(C(=O)O)cc3C(F)(F)F)C2=O)c1. The van der Waals surface area contributed by atoms with Gasteiger partial charge in [-0.05, 0) is 60.2 Å². The van der Waals surface area contributed by atoms with Gasteiger partial charge in [0.25, 0.3) is 5.91 Å². The summed E-state index contributed by atoms with van der Waals surface area (Å²) in [6.45, 7) is 3.68. The Hall–Kier alpha value is -3.62. The van der Waals surface area contributed by atoms with Crippen LogP contribution in [0.5, 0.6) is 0 Å². The van der Waals surface area contributed by atoms with Crippen LogP contribution in [0, 0.1) is 6.92 Å². The zero-order chi connectivity index (χ0) is 23.2. The van der Waals surface area contributed by atoms with Gasteiger partial charge in [0.05, 0.1) is 23.4 Å². The summed E-state index contributed by atoms with van der Waals surface area (Å²) in [6, 6.07) is 8.69. The van der Waals surface area contributed by atoms with E-state index in [0.717, 1.165) is 22.9 Å². The summed E-state index contributed by atoms with van der Waals surface area (Å²) in [5, 5.41) is 16.2. The third kappa shape index (κ3) is 3.86. The van der Waals surface area contributed by atoms with E-state index >= 15 is 0 Å². The first-order valence-corrected chi connectivity index (χ1v) is 9.94. The van der Waals surface area contributed by atoms with Gasteiger partial charge < -0.3 is 10.0 Å². The van der Waals surface area contributed by atoms with Crippen LogP contribution in [-0.2, 0) is 19.1 Å². The number of benzene rings is 2. The van der Waals surface area contributed by atoms with E-state index in [1.54, 1.807) is 18.2 Å². The number of halogens is 3. The molecule has 0 spiro atoms. The van der Waals surface area contributed by atoms with Crippen molar-refractivity contribution in [2.45, 2.75) is 38.9 Å². The number of aromatic amines is 1. The molecule has 1 aliphatic rings. The molecule has 2 N–H and O–H groups in total. The predicted molar refractivity (Wildman–Crippen MR) is 111 cm³/mol. The molecule has 0 unspecified atom stereocenters. The van der Waals surface area contributed by atoms with Crippen molar-refractivity contribution in [2.75, 3.05) is 4.90 Å². The lowest BCUT2D eigenvalue weighted by Crippen LogP contribution is -2.23. The molecule has 0 fully saturated rings. The Morgan fingerprint density at radius 2 is 2.03 bits per heavy atom. The van der Waals surface area contributed by atoms with Gasteiger partial charge in [0.15, 0.2) is 0 Å². The lowest BCUT2D eigenvalue weighted by atomic mass is 9.94. The standard InChI is InChI=1S/C23H20F3N3O3/c1-12(6-20-13(2)10-27-28-20)14-4-3-5-16(7-14)29-11-18-17(21(29)30)8-15(22(31)32)9-19(18)23(24,25)26/h3-5,7-10,12H,6,11H2,1-2H3,(H,27,28)(H,31,32)/t12-/m1/s1. The van der Waals surface area contributed by atoms with E-state index in [4.69, 9.17) is 0 Å². The van der Waals surface area contributed by atoms with Crippen molar-refractivity contribution < 1.29 is 27.9 Å². The fraction of sp³-hybridized carbons (Fsp3) is 0.261. The van der Waals surface area contributed by atoms with Crippen molar-refractivity contribution in [1.29, 1.82) is 0 Å². The number of aryl methyl sites for hydroxylation is 1. The largest absolute Gasteiger partial charge is 0.478 e. The van der Waals surface area contributed by atoms with Crippen molar-refractivity contribution in [3.05, 3.63) is 81.7 Å². The Kier molecular flexibility index (Phi) is 5.28. The molecule has 2 heterocycles. The topological polar surface area (TPSA) is 86.3 Å². The highest BCUT2D eigenvalue weighted by Crippen LogP contribution is 2.40. The van der Waals surface area contributed by atoms with Gasteiger partial charge in [-0.1, -0.05) is 19.1 Å². The minimum Gasteiger partial charge on any atom is -0.478 e. The van der Waals surface area contributed by atoms with Gasteiger partial charge in [0, 0.05) is 17.4 Å². The fourth-order valence-corrected chi connectivity index (χ4v) is 3.99. The third-order valence-corrected chi connectivity index (χ3v) is 5.78. The van der Waals surface area contributed by atoms with E-state index in [2.05, 4.69) is 10.2 Å². The second-order valence-corrected chi connectivity index (χ2v) is 7.96. The molecule has 1 amide bonds. The maximum atomic E-state index is 13.6. The van der Waals surface area contributed by atoms with Crippen molar-refractivity contribution in [2.24, 2.45) is 0 Å². The molecule has 0 radical (unpaired) electrons. The smallest absolute Gasteiger partial charge is 0.416 e. The lowest BCUT2D eigenvalue weighted by molar-refractivity contribution is -0.138. The Bertz CT molecular complexity index is 1220. The van der Waals surface area contributed by atoms with Gasteiger partial charge in [-0.2, -0.15) is 18.3 Å².